The zero-order chi connectivity index (χ0) is 17.2. The number of morpholine rings is 1. The van der Waals surface area contributed by atoms with Crippen molar-refractivity contribution in [2.24, 2.45) is 0 Å². The summed E-state index contributed by atoms with van der Waals surface area (Å²) in [4.78, 5) is 23.5. The normalized spacial score (nSPS) is 19.6. The minimum absolute atomic E-state index is 0.0675. The number of rotatable bonds is 3. The number of anilines is 1. The number of amides is 1. The fraction of sp³-hybridized carbons (Fsp3) is 0.421. The Kier molecular flexibility index (Phi) is 4.36. The highest BCUT2D eigenvalue weighted by molar-refractivity contribution is 5.94. The van der Waals surface area contributed by atoms with Gasteiger partial charge in [0.05, 0.1) is 13.2 Å². The van der Waals surface area contributed by atoms with Crippen LogP contribution in [-0.4, -0.2) is 47.5 Å². The molecule has 0 spiro atoms. The molecule has 1 atom stereocenters. The average molecular weight is 338 g/mol. The average Bonchev–Trinajstić information content (AvgIpc) is 3.15. The number of carbonyl (C=O) groups is 1. The number of aryl methyl sites for hydroxylation is 2. The van der Waals surface area contributed by atoms with Gasteiger partial charge in [-0.25, -0.2) is 4.98 Å². The molecule has 0 radical (unpaired) electrons. The first-order chi connectivity index (χ1) is 12.3. The molecule has 1 aliphatic heterocycles. The highest BCUT2D eigenvalue weighted by atomic mass is 16.5. The van der Waals surface area contributed by atoms with E-state index >= 15 is 0 Å². The third-order valence-corrected chi connectivity index (χ3v) is 4.97. The first kappa shape index (κ1) is 16.0. The quantitative estimate of drug-likeness (QED) is 0.929. The zero-order valence-electron chi connectivity index (χ0n) is 14.4. The van der Waals surface area contributed by atoms with E-state index in [1.165, 1.54) is 17.5 Å². The van der Waals surface area contributed by atoms with Crippen LogP contribution in [0.1, 0.15) is 39.7 Å². The smallest absolute Gasteiger partial charge is 0.254 e. The molecule has 6 nitrogen and oxygen atoms in total. The van der Waals surface area contributed by atoms with E-state index in [0.29, 0.717) is 25.5 Å². The Balaban J connectivity index is 1.54. The van der Waals surface area contributed by atoms with Crippen molar-refractivity contribution in [3.63, 3.8) is 0 Å². The van der Waals surface area contributed by atoms with E-state index < -0.39 is 0 Å². The Bertz CT molecular complexity index is 793. The maximum atomic E-state index is 12.9. The molecule has 1 aliphatic carbocycles. The molecule has 6 heteroatoms. The predicted molar refractivity (Wildman–Crippen MR) is 94.6 cm³/mol. The summed E-state index contributed by atoms with van der Waals surface area (Å²) >= 11 is 0. The van der Waals surface area contributed by atoms with E-state index in [1.807, 2.05) is 18.0 Å². The summed E-state index contributed by atoms with van der Waals surface area (Å²) in [6.45, 7) is 1.59. The Labute approximate surface area is 147 Å². The van der Waals surface area contributed by atoms with Crippen LogP contribution < -0.4 is 5.32 Å². The topological polar surface area (TPSA) is 67.4 Å². The zero-order valence-corrected chi connectivity index (χ0v) is 14.4. The third-order valence-electron chi connectivity index (χ3n) is 4.97. The summed E-state index contributed by atoms with van der Waals surface area (Å²) in [7, 11) is 1.81. The van der Waals surface area contributed by atoms with Gasteiger partial charge in [-0.3, -0.25) is 9.78 Å². The molecule has 0 unspecified atom stereocenters. The van der Waals surface area contributed by atoms with E-state index in [4.69, 9.17) is 4.74 Å². The highest BCUT2D eigenvalue weighted by Crippen LogP contribution is 2.27. The summed E-state index contributed by atoms with van der Waals surface area (Å²) in [5.74, 6) is 0.761. The van der Waals surface area contributed by atoms with Crippen molar-refractivity contribution in [2.75, 3.05) is 32.1 Å². The van der Waals surface area contributed by atoms with Crippen LogP contribution in [-0.2, 0) is 17.6 Å². The van der Waals surface area contributed by atoms with Gasteiger partial charge in [-0.1, -0.05) is 6.07 Å². The van der Waals surface area contributed by atoms with Crippen LogP contribution in [0.15, 0.2) is 30.6 Å². The summed E-state index contributed by atoms with van der Waals surface area (Å²) in [5.41, 5.74) is 4.22. The molecular weight excluding hydrogens is 316 g/mol. The number of hydrogen-bond donors (Lipinski definition) is 1. The van der Waals surface area contributed by atoms with Crippen molar-refractivity contribution in [3.05, 3.63) is 53.0 Å². The van der Waals surface area contributed by atoms with Gasteiger partial charge in [0.15, 0.2) is 0 Å². The molecule has 4 rings (SSSR count). The van der Waals surface area contributed by atoms with Gasteiger partial charge < -0.3 is 15.0 Å². The predicted octanol–water partition coefficient (Wildman–Crippen LogP) is 2.22. The van der Waals surface area contributed by atoms with Crippen molar-refractivity contribution in [3.8, 4) is 0 Å². The van der Waals surface area contributed by atoms with Gasteiger partial charge in [0.2, 0.25) is 0 Å². The maximum absolute atomic E-state index is 12.9. The minimum atomic E-state index is -0.261. The van der Waals surface area contributed by atoms with Crippen molar-refractivity contribution in [2.45, 2.75) is 25.4 Å². The Morgan fingerprint density at radius 3 is 2.96 bits per heavy atom. The molecule has 0 bridgehead atoms. The molecule has 130 valence electrons. The van der Waals surface area contributed by atoms with Gasteiger partial charge in [0.25, 0.3) is 5.91 Å². The summed E-state index contributed by atoms with van der Waals surface area (Å²) in [5, 5.41) is 3.04. The maximum Gasteiger partial charge on any atom is 0.254 e. The minimum Gasteiger partial charge on any atom is -0.372 e. The molecule has 25 heavy (non-hydrogen) atoms. The molecule has 0 saturated carbocycles. The van der Waals surface area contributed by atoms with E-state index in [2.05, 4.69) is 27.4 Å². The molecule has 2 aromatic rings. The molecule has 1 aromatic heterocycles. The van der Waals surface area contributed by atoms with Gasteiger partial charge in [-0.05, 0) is 42.5 Å². The van der Waals surface area contributed by atoms with Crippen LogP contribution in [0.2, 0.25) is 0 Å². The number of ether oxygens (including phenoxy) is 1. The second-order valence-corrected chi connectivity index (χ2v) is 6.49. The Morgan fingerprint density at radius 2 is 2.08 bits per heavy atom. The molecule has 1 amide bonds. The Morgan fingerprint density at radius 1 is 1.24 bits per heavy atom. The van der Waals surface area contributed by atoms with E-state index in [-0.39, 0.29) is 12.0 Å². The van der Waals surface area contributed by atoms with E-state index in [0.717, 1.165) is 24.1 Å². The third kappa shape index (κ3) is 3.09. The van der Waals surface area contributed by atoms with Gasteiger partial charge in [-0.2, -0.15) is 0 Å². The van der Waals surface area contributed by atoms with Gasteiger partial charge >= 0.3 is 0 Å². The summed E-state index contributed by atoms with van der Waals surface area (Å²) < 4.78 is 5.86. The van der Waals surface area contributed by atoms with Crippen LogP contribution in [0.25, 0.3) is 0 Å². The second kappa shape index (κ2) is 6.80. The van der Waals surface area contributed by atoms with Gasteiger partial charge in [0.1, 0.15) is 17.6 Å². The number of aromatic nitrogens is 2. The van der Waals surface area contributed by atoms with Crippen LogP contribution in [0.3, 0.4) is 0 Å². The molecule has 1 N–H and O–H groups in total. The Hall–Kier alpha value is -2.47. The molecular formula is C19H22N4O2. The lowest BCUT2D eigenvalue weighted by Crippen LogP contribution is -2.42. The highest BCUT2D eigenvalue weighted by Gasteiger charge is 2.29. The number of benzene rings is 1. The molecule has 1 aromatic carbocycles. The second-order valence-electron chi connectivity index (χ2n) is 6.49. The first-order valence-corrected chi connectivity index (χ1v) is 8.77. The monoisotopic (exact) mass is 338 g/mol. The molecule has 1 fully saturated rings. The first-order valence-electron chi connectivity index (χ1n) is 8.77. The van der Waals surface area contributed by atoms with Gasteiger partial charge in [-0.15, -0.1) is 0 Å². The molecule has 2 aliphatic rings. The van der Waals surface area contributed by atoms with Crippen molar-refractivity contribution >= 4 is 11.7 Å². The molecule has 1 saturated heterocycles. The number of carbonyl (C=O) groups excluding carboxylic acids is 1. The van der Waals surface area contributed by atoms with Crippen molar-refractivity contribution in [1.29, 1.82) is 0 Å². The van der Waals surface area contributed by atoms with Gasteiger partial charge in [0, 0.05) is 31.5 Å². The van der Waals surface area contributed by atoms with Crippen molar-refractivity contribution in [1.82, 2.24) is 14.9 Å². The van der Waals surface area contributed by atoms with Crippen LogP contribution >= 0.6 is 0 Å². The lowest BCUT2D eigenvalue weighted by molar-refractivity contribution is -0.0245. The fourth-order valence-corrected chi connectivity index (χ4v) is 3.66. The fourth-order valence-electron chi connectivity index (χ4n) is 3.66. The standard InChI is InChI=1S/C19H22N4O2/c1-20-18-17(21-7-8-22-18)16-12-23(9-10-25-16)19(24)15-6-5-13-3-2-4-14(13)11-15/h5-8,11,16H,2-4,9-10,12H2,1H3,(H,20,22)/t16-/m0/s1. The number of fused-ring (bicyclic) bond motifs is 1. The number of nitrogens with one attached hydrogen (secondary N) is 1. The van der Waals surface area contributed by atoms with Crippen molar-refractivity contribution < 1.29 is 9.53 Å². The van der Waals surface area contributed by atoms with Crippen LogP contribution in [0, 0.1) is 0 Å². The van der Waals surface area contributed by atoms with E-state index in [1.54, 1.807) is 12.4 Å². The van der Waals surface area contributed by atoms with Crippen LogP contribution in [0.5, 0.6) is 0 Å². The summed E-state index contributed by atoms with van der Waals surface area (Å²) in [6.07, 6.45) is 6.43. The molecule has 2 heterocycles. The summed E-state index contributed by atoms with van der Waals surface area (Å²) in [6, 6.07) is 6.13. The lowest BCUT2D eigenvalue weighted by Gasteiger charge is -2.33. The lowest BCUT2D eigenvalue weighted by atomic mass is 10.0. The number of nitrogens with zero attached hydrogens (tertiary/aromatic N) is 3. The number of hydrogen-bond acceptors (Lipinski definition) is 5. The SMILES string of the molecule is CNc1nccnc1[C@@H]1CN(C(=O)c2ccc3c(c2)CCC3)CCO1. The van der Waals surface area contributed by atoms with E-state index in [9.17, 15) is 4.79 Å². The van der Waals surface area contributed by atoms with Crippen LogP contribution in [0.4, 0.5) is 5.82 Å². The largest absolute Gasteiger partial charge is 0.372 e.